The maximum Gasteiger partial charge on any atom is 0.253 e. The first-order valence-corrected chi connectivity index (χ1v) is 9.50. The number of rotatable bonds is 3. The van der Waals surface area contributed by atoms with Crippen molar-refractivity contribution >= 4 is 22.0 Å². The molecule has 22 heavy (non-hydrogen) atoms. The maximum absolute atomic E-state index is 13.0. The van der Waals surface area contributed by atoms with E-state index in [9.17, 15) is 8.42 Å². The molecule has 5 heteroatoms. The van der Waals surface area contributed by atoms with Gasteiger partial charge in [0.15, 0.2) is 0 Å². The van der Waals surface area contributed by atoms with Gasteiger partial charge in [0.05, 0.1) is 10.9 Å². The van der Waals surface area contributed by atoms with Crippen molar-refractivity contribution in [2.75, 3.05) is 0 Å². The van der Waals surface area contributed by atoms with Crippen molar-refractivity contribution in [1.82, 2.24) is 3.71 Å². The Balaban J connectivity index is 2.06. The second-order valence-corrected chi connectivity index (χ2v) is 8.95. The van der Waals surface area contributed by atoms with Crippen molar-refractivity contribution in [3.63, 3.8) is 0 Å². The molecule has 0 N–H and O–H groups in total. The fourth-order valence-electron chi connectivity index (χ4n) is 2.69. The molecular formula is C17H19NO2S2. The third-order valence-corrected chi connectivity index (χ3v) is 7.20. The molecule has 1 aliphatic rings. The van der Waals surface area contributed by atoms with Gasteiger partial charge in [-0.05, 0) is 48.6 Å². The van der Waals surface area contributed by atoms with Crippen molar-refractivity contribution in [1.29, 1.82) is 0 Å². The summed E-state index contributed by atoms with van der Waals surface area (Å²) in [6.07, 6.45) is 0. The molecule has 0 unspecified atom stereocenters. The van der Waals surface area contributed by atoms with Gasteiger partial charge < -0.3 is 0 Å². The van der Waals surface area contributed by atoms with Gasteiger partial charge in [-0.2, -0.15) is 0 Å². The number of hydrogen-bond donors (Lipinski definition) is 0. The molecule has 2 aromatic carbocycles. The van der Waals surface area contributed by atoms with Gasteiger partial charge in [0.2, 0.25) is 0 Å². The van der Waals surface area contributed by atoms with Gasteiger partial charge in [0.25, 0.3) is 10.0 Å². The smallest absolute Gasteiger partial charge is 0.206 e. The van der Waals surface area contributed by atoms with E-state index in [1.165, 1.54) is 11.9 Å². The van der Waals surface area contributed by atoms with E-state index < -0.39 is 10.0 Å². The van der Waals surface area contributed by atoms with Crippen molar-refractivity contribution in [3.8, 4) is 0 Å². The van der Waals surface area contributed by atoms with Crippen LogP contribution in [0.25, 0.3) is 0 Å². The molecule has 0 amide bonds. The van der Waals surface area contributed by atoms with E-state index in [0.29, 0.717) is 4.90 Å². The van der Waals surface area contributed by atoms with Crippen LogP contribution < -0.4 is 0 Å². The van der Waals surface area contributed by atoms with Gasteiger partial charge in [0.1, 0.15) is 0 Å². The predicted octanol–water partition coefficient (Wildman–Crippen LogP) is 4.40. The van der Waals surface area contributed by atoms with E-state index in [-0.39, 0.29) is 12.0 Å². The molecular weight excluding hydrogens is 314 g/mol. The summed E-state index contributed by atoms with van der Waals surface area (Å²) in [6, 6.07) is 14.8. The second kappa shape index (κ2) is 5.72. The average Bonchev–Trinajstić information content (AvgIpc) is 2.88. The zero-order valence-corrected chi connectivity index (χ0v) is 14.5. The lowest BCUT2D eigenvalue weighted by Gasteiger charge is -2.26. The Kier molecular flexibility index (Phi) is 4.05. The third-order valence-electron chi connectivity index (χ3n) is 3.84. The molecule has 1 aliphatic heterocycles. The molecule has 0 bridgehead atoms. The predicted molar refractivity (Wildman–Crippen MR) is 90.1 cm³/mol. The standard InChI is InChI=1S/C17H19NO2S2/c1-12(2)17-15-6-4-5-7-16(15)21-18(17)22(19,20)14-10-8-13(3)9-11-14/h4-12,17H,1-3H3/t17-/m0/s1. The molecule has 0 aliphatic carbocycles. The zero-order chi connectivity index (χ0) is 15.9. The van der Waals surface area contributed by atoms with E-state index in [0.717, 1.165) is 16.0 Å². The highest BCUT2D eigenvalue weighted by Gasteiger charge is 2.41. The minimum atomic E-state index is -3.52. The highest BCUT2D eigenvalue weighted by atomic mass is 32.3. The van der Waals surface area contributed by atoms with Crippen LogP contribution in [-0.2, 0) is 10.0 Å². The molecule has 2 aromatic rings. The maximum atomic E-state index is 13.0. The molecule has 0 spiro atoms. The van der Waals surface area contributed by atoms with Gasteiger partial charge in [0, 0.05) is 4.90 Å². The van der Waals surface area contributed by atoms with Crippen LogP contribution >= 0.6 is 11.9 Å². The molecule has 0 aromatic heterocycles. The number of benzene rings is 2. The molecule has 3 rings (SSSR count). The number of nitrogens with zero attached hydrogens (tertiary/aromatic N) is 1. The Labute approximate surface area is 136 Å². The number of sulfonamides is 1. The summed E-state index contributed by atoms with van der Waals surface area (Å²) in [4.78, 5) is 1.38. The summed E-state index contributed by atoms with van der Waals surface area (Å²) in [5.41, 5.74) is 2.15. The molecule has 0 saturated carbocycles. The Morgan fingerprint density at radius 2 is 1.68 bits per heavy atom. The fourth-order valence-corrected chi connectivity index (χ4v) is 6.02. The number of fused-ring (bicyclic) bond motifs is 1. The molecule has 0 radical (unpaired) electrons. The van der Waals surface area contributed by atoms with E-state index in [1.807, 2.05) is 43.3 Å². The van der Waals surface area contributed by atoms with Crippen LogP contribution in [0.3, 0.4) is 0 Å². The molecule has 0 saturated heterocycles. The molecule has 1 atom stereocenters. The molecule has 116 valence electrons. The van der Waals surface area contributed by atoms with Gasteiger partial charge in [-0.1, -0.05) is 49.7 Å². The van der Waals surface area contributed by atoms with Crippen molar-refractivity contribution in [2.45, 2.75) is 36.6 Å². The monoisotopic (exact) mass is 333 g/mol. The summed E-state index contributed by atoms with van der Waals surface area (Å²) in [6.45, 7) is 6.07. The Hall–Kier alpha value is -1.30. The van der Waals surface area contributed by atoms with Crippen LogP contribution in [0.4, 0.5) is 0 Å². The Bertz CT molecular complexity index is 783. The van der Waals surface area contributed by atoms with Crippen LogP contribution in [0, 0.1) is 12.8 Å². The van der Waals surface area contributed by atoms with Gasteiger partial charge in [-0.15, -0.1) is 3.71 Å². The van der Waals surface area contributed by atoms with Crippen molar-refractivity contribution in [3.05, 3.63) is 59.7 Å². The quantitative estimate of drug-likeness (QED) is 0.781. The van der Waals surface area contributed by atoms with E-state index >= 15 is 0 Å². The van der Waals surface area contributed by atoms with Crippen LogP contribution in [0.2, 0.25) is 0 Å². The van der Waals surface area contributed by atoms with Crippen molar-refractivity contribution in [2.24, 2.45) is 5.92 Å². The lowest BCUT2D eigenvalue weighted by molar-refractivity contribution is 0.382. The summed E-state index contributed by atoms with van der Waals surface area (Å²) in [5, 5.41) is 0. The highest BCUT2D eigenvalue weighted by Crippen LogP contribution is 2.50. The summed E-state index contributed by atoms with van der Waals surface area (Å²) >= 11 is 1.32. The summed E-state index contributed by atoms with van der Waals surface area (Å²) in [5.74, 6) is 0.205. The van der Waals surface area contributed by atoms with Gasteiger partial charge >= 0.3 is 0 Å². The lowest BCUT2D eigenvalue weighted by atomic mass is 9.97. The summed E-state index contributed by atoms with van der Waals surface area (Å²) in [7, 11) is -3.52. The number of aryl methyl sites for hydroxylation is 1. The van der Waals surface area contributed by atoms with E-state index in [4.69, 9.17) is 0 Å². The summed E-state index contributed by atoms with van der Waals surface area (Å²) < 4.78 is 27.6. The third kappa shape index (κ3) is 2.57. The number of hydrogen-bond acceptors (Lipinski definition) is 3. The normalized spacial score (nSPS) is 18.6. The van der Waals surface area contributed by atoms with Gasteiger partial charge in [-0.25, -0.2) is 8.42 Å². The highest BCUT2D eigenvalue weighted by molar-refractivity contribution is 8.08. The topological polar surface area (TPSA) is 37.4 Å². The average molecular weight is 333 g/mol. The minimum Gasteiger partial charge on any atom is -0.206 e. The van der Waals surface area contributed by atoms with E-state index in [2.05, 4.69) is 13.8 Å². The minimum absolute atomic E-state index is 0.132. The van der Waals surface area contributed by atoms with Crippen LogP contribution in [-0.4, -0.2) is 12.1 Å². The van der Waals surface area contributed by atoms with Crippen LogP contribution in [0.1, 0.15) is 31.0 Å². The van der Waals surface area contributed by atoms with Crippen LogP contribution in [0.15, 0.2) is 58.3 Å². The molecule has 3 nitrogen and oxygen atoms in total. The first-order valence-electron chi connectivity index (χ1n) is 7.29. The van der Waals surface area contributed by atoms with Crippen LogP contribution in [0.5, 0.6) is 0 Å². The van der Waals surface area contributed by atoms with Crippen molar-refractivity contribution < 1.29 is 8.42 Å². The molecule has 1 heterocycles. The SMILES string of the molecule is Cc1ccc(S(=O)(=O)N2Sc3ccccc3[C@@H]2C(C)C)cc1. The largest absolute Gasteiger partial charge is 0.253 e. The Morgan fingerprint density at radius 1 is 1.05 bits per heavy atom. The first kappa shape index (κ1) is 15.6. The first-order chi connectivity index (χ1) is 10.4. The van der Waals surface area contributed by atoms with Gasteiger partial charge in [-0.3, -0.25) is 0 Å². The fraction of sp³-hybridized carbons (Fsp3) is 0.294. The zero-order valence-electron chi connectivity index (χ0n) is 12.9. The van der Waals surface area contributed by atoms with E-state index in [1.54, 1.807) is 15.8 Å². The second-order valence-electron chi connectivity index (χ2n) is 5.89. The lowest BCUT2D eigenvalue weighted by Crippen LogP contribution is -2.28. The molecule has 0 fully saturated rings. The Morgan fingerprint density at radius 3 is 2.32 bits per heavy atom.